The minimum absolute atomic E-state index is 0.268. The summed E-state index contributed by atoms with van der Waals surface area (Å²) in [6, 6.07) is 8.85. The Bertz CT molecular complexity index is 427. The predicted octanol–water partition coefficient (Wildman–Crippen LogP) is 2.54. The summed E-state index contributed by atoms with van der Waals surface area (Å²) < 4.78 is 13.6. The van der Waals surface area contributed by atoms with E-state index >= 15 is 0 Å². The van der Waals surface area contributed by atoms with E-state index in [1.807, 2.05) is 13.8 Å². The van der Waals surface area contributed by atoms with E-state index < -0.39 is 5.54 Å². The van der Waals surface area contributed by atoms with Crippen molar-refractivity contribution in [3.05, 3.63) is 30.1 Å². The molecule has 1 atom stereocenters. The zero-order valence-corrected chi connectivity index (χ0v) is 11.2. The monoisotopic (exact) mass is 249 g/mol. The van der Waals surface area contributed by atoms with Gasteiger partial charge in [-0.2, -0.15) is 5.26 Å². The van der Waals surface area contributed by atoms with Gasteiger partial charge in [0.15, 0.2) is 0 Å². The number of halogens is 1. The van der Waals surface area contributed by atoms with Crippen molar-refractivity contribution in [2.45, 2.75) is 25.8 Å². The van der Waals surface area contributed by atoms with E-state index in [-0.39, 0.29) is 5.82 Å². The zero-order chi connectivity index (χ0) is 13.6. The number of para-hydroxylation sites is 1. The van der Waals surface area contributed by atoms with E-state index in [0.29, 0.717) is 12.2 Å². The quantitative estimate of drug-likeness (QED) is 0.842. The van der Waals surface area contributed by atoms with Crippen molar-refractivity contribution in [3.8, 4) is 6.07 Å². The number of nitrogens with one attached hydrogen (secondary N) is 1. The van der Waals surface area contributed by atoms with Crippen LogP contribution in [0.15, 0.2) is 24.3 Å². The molecule has 0 aromatic heterocycles. The maximum absolute atomic E-state index is 13.6. The molecule has 0 aliphatic rings. The number of hydrogen-bond acceptors (Lipinski definition) is 3. The van der Waals surface area contributed by atoms with Crippen molar-refractivity contribution >= 4 is 5.69 Å². The molecular formula is C14H20FN3. The van der Waals surface area contributed by atoms with Gasteiger partial charge in [-0.1, -0.05) is 19.1 Å². The molecule has 4 heteroatoms. The van der Waals surface area contributed by atoms with Crippen LogP contribution in [0.25, 0.3) is 0 Å². The maximum atomic E-state index is 13.6. The molecule has 1 aromatic rings. The number of rotatable bonds is 6. The predicted molar refractivity (Wildman–Crippen MR) is 72.0 cm³/mol. The average molecular weight is 249 g/mol. The number of nitrogens with zero attached hydrogens (tertiary/aromatic N) is 2. The Morgan fingerprint density at radius 1 is 1.44 bits per heavy atom. The number of likely N-dealkylation sites (N-methyl/N-ethyl adjacent to an activating group) is 1. The molecule has 18 heavy (non-hydrogen) atoms. The summed E-state index contributed by atoms with van der Waals surface area (Å²) in [5.74, 6) is -0.268. The Kier molecular flexibility index (Phi) is 5.11. The molecule has 0 fully saturated rings. The van der Waals surface area contributed by atoms with Crippen LogP contribution in [0, 0.1) is 17.1 Å². The van der Waals surface area contributed by atoms with Crippen molar-refractivity contribution in [2.75, 3.05) is 25.0 Å². The molecule has 1 rings (SSSR count). The van der Waals surface area contributed by atoms with E-state index in [2.05, 4.69) is 11.4 Å². The van der Waals surface area contributed by atoms with E-state index in [0.717, 1.165) is 13.0 Å². The largest absolute Gasteiger partial charge is 0.369 e. The Labute approximate surface area is 108 Å². The van der Waals surface area contributed by atoms with Crippen LogP contribution in [0.5, 0.6) is 0 Å². The molecular weight excluding hydrogens is 229 g/mol. The highest BCUT2D eigenvalue weighted by Crippen LogP contribution is 2.19. The summed E-state index contributed by atoms with van der Waals surface area (Å²) >= 11 is 0. The van der Waals surface area contributed by atoms with E-state index in [9.17, 15) is 9.65 Å². The second kappa shape index (κ2) is 6.36. The lowest BCUT2D eigenvalue weighted by molar-refractivity contribution is 0.447. The SMILES string of the molecule is CCCNC(C)(C#N)CN(C)c1ccccc1F. The normalized spacial score (nSPS) is 13.7. The standard InChI is InChI=1S/C14H20FN3/c1-4-9-17-14(2,10-16)11-18(3)13-8-6-5-7-12(13)15/h5-8,17H,4,9,11H2,1-3H3. The number of nitriles is 1. The van der Waals surface area contributed by atoms with Crippen LogP contribution in [0.2, 0.25) is 0 Å². The molecule has 0 aliphatic carbocycles. The van der Waals surface area contributed by atoms with E-state index in [4.69, 9.17) is 0 Å². The fraction of sp³-hybridized carbons (Fsp3) is 0.500. The first-order valence-electron chi connectivity index (χ1n) is 6.14. The second-order valence-corrected chi connectivity index (χ2v) is 4.68. The van der Waals surface area contributed by atoms with Gasteiger partial charge in [-0.15, -0.1) is 0 Å². The van der Waals surface area contributed by atoms with Crippen molar-refractivity contribution < 1.29 is 4.39 Å². The number of anilines is 1. The van der Waals surface area contributed by atoms with E-state index in [1.54, 1.807) is 30.1 Å². The second-order valence-electron chi connectivity index (χ2n) is 4.68. The molecule has 0 aliphatic heterocycles. The summed E-state index contributed by atoms with van der Waals surface area (Å²) in [5.41, 5.74) is -0.162. The molecule has 98 valence electrons. The van der Waals surface area contributed by atoms with Gasteiger partial charge in [-0.25, -0.2) is 4.39 Å². The van der Waals surface area contributed by atoms with Gasteiger partial charge in [0, 0.05) is 13.6 Å². The summed E-state index contributed by atoms with van der Waals surface area (Å²) in [6.07, 6.45) is 0.959. The first kappa shape index (κ1) is 14.5. The maximum Gasteiger partial charge on any atom is 0.146 e. The van der Waals surface area contributed by atoms with Crippen molar-refractivity contribution in [1.29, 1.82) is 5.26 Å². The van der Waals surface area contributed by atoms with Gasteiger partial charge in [0.2, 0.25) is 0 Å². The summed E-state index contributed by atoms with van der Waals surface area (Å²) in [6.45, 7) is 5.09. The molecule has 1 aromatic carbocycles. The Balaban J connectivity index is 2.77. The molecule has 0 amide bonds. The molecule has 0 spiro atoms. The van der Waals surface area contributed by atoms with Crippen LogP contribution >= 0.6 is 0 Å². The van der Waals surface area contributed by atoms with Crippen molar-refractivity contribution in [2.24, 2.45) is 0 Å². The molecule has 0 heterocycles. The van der Waals surface area contributed by atoms with Crippen LogP contribution in [0.1, 0.15) is 20.3 Å². The molecule has 1 unspecified atom stereocenters. The van der Waals surface area contributed by atoms with E-state index in [1.165, 1.54) is 6.07 Å². The lowest BCUT2D eigenvalue weighted by atomic mass is 10.0. The van der Waals surface area contributed by atoms with Crippen LogP contribution < -0.4 is 10.2 Å². The lowest BCUT2D eigenvalue weighted by Crippen LogP contribution is -2.50. The molecule has 0 bridgehead atoms. The summed E-state index contributed by atoms with van der Waals surface area (Å²) in [4.78, 5) is 1.77. The van der Waals surface area contributed by atoms with Crippen molar-refractivity contribution in [3.63, 3.8) is 0 Å². The first-order chi connectivity index (χ1) is 8.52. The zero-order valence-electron chi connectivity index (χ0n) is 11.2. The fourth-order valence-corrected chi connectivity index (χ4v) is 1.85. The molecule has 0 radical (unpaired) electrons. The minimum atomic E-state index is -0.674. The van der Waals surface area contributed by atoms with Crippen LogP contribution in [-0.4, -0.2) is 25.7 Å². The minimum Gasteiger partial charge on any atom is -0.369 e. The summed E-state index contributed by atoms with van der Waals surface area (Å²) in [7, 11) is 1.79. The highest BCUT2D eigenvalue weighted by atomic mass is 19.1. The number of benzene rings is 1. The first-order valence-corrected chi connectivity index (χ1v) is 6.14. The van der Waals surface area contributed by atoms with Gasteiger partial charge >= 0.3 is 0 Å². The van der Waals surface area contributed by atoms with Gasteiger partial charge in [0.05, 0.1) is 11.8 Å². The third kappa shape index (κ3) is 3.71. The highest BCUT2D eigenvalue weighted by Gasteiger charge is 2.25. The van der Waals surface area contributed by atoms with Gasteiger partial charge in [-0.05, 0) is 32.0 Å². The third-order valence-corrected chi connectivity index (χ3v) is 2.83. The summed E-state index contributed by atoms with van der Waals surface area (Å²) in [5, 5.41) is 12.4. The molecule has 1 N–H and O–H groups in total. The topological polar surface area (TPSA) is 39.1 Å². The lowest BCUT2D eigenvalue weighted by Gasteiger charge is -2.30. The van der Waals surface area contributed by atoms with Crippen molar-refractivity contribution in [1.82, 2.24) is 5.32 Å². The van der Waals surface area contributed by atoms with Gasteiger partial charge in [0.1, 0.15) is 11.4 Å². The van der Waals surface area contributed by atoms with Crippen LogP contribution in [0.3, 0.4) is 0 Å². The molecule has 0 saturated carbocycles. The number of hydrogen-bond donors (Lipinski definition) is 1. The Morgan fingerprint density at radius 2 is 2.11 bits per heavy atom. The average Bonchev–Trinajstić information content (AvgIpc) is 2.37. The highest BCUT2D eigenvalue weighted by molar-refractivity contribution is 5.47. The van der Waals surface area contributed by atoms with Gasteiger partial charge in [-0.3, -0.25) is 5.32 Å². The molecule has 3 nitrogen and oxygen atoms in total. The smallest absolute Gasteiger partial charge is 0.146 e. The van der Waals surface area contributed by atoms with Crippen LogP contribution in [-0.2, 0) is 0 Å². The van der Waals surface area contributed by atoms with Gasteiger partial charge in [0.25, 0.3) is 0 Å². The Hall–Kier alpha value is -1.60. The van der Waals surface area contributed by atoms with Crippen LogP contribution in [0.4, 0.5) is 10.1 Å². The van der Waals surface area contributed by atoms with Gasteiger partial charge < -0.3 is 4.90 Å². The fourth-order valence-electron chi connectivity index (χ4n) is 1.85. The molecule has 0 saturated heterocycles. The third-order valence-electron chi connectivity index (χ3n) is 2.83. The Morgan fingerprint density at radius 3 is 2.67 bits per heavy atom.